The highest BCUT2D eigenvalue weighted by Crippen LogP contribution is 2.40. The van der Waals surface area contributed by atoms with Gasteiger partial charge in [0.15, 0.2) is 0 Å². The average molecular weight is 274 g/mol. The monoisotopic (exact) mass is 274 g/mol. The third kappa shape index (κ3) is 2.23. The minimum absolute atomic E-state index is 0.108. The van der Waals surface area contributed by atoms with Crippen LogP contribution in [0.3, 0.4) is 0 Å². The van der Waals surface area contributed by atoms with E-state index in [4.69, 9.17) is 0 Å². The maximum Gasteiger partial charge on any atom is 0.225 e. The van der Waals surface area contributed by atoms with Gasteiger partial charge in [-0.3, -0.25) is 4.79 Å². The molecule has 1 aliphatic heterocycles. The van der Waals surface area contributed by atoms with E-state index in [2.05, 4.69) is 20.1 Å². The summed E-state index contributed by atoms with van der Waals surface area (Å²) in [6, 6.07) is 0.424. The van der Waals surface area contributed by atoms with Gasteiger partial charge in [0.2, 0.25) is 5.91 Å². The number of rotatable bonds is 3. The van der Waals surface area contributed by atoms with E-state index in [1.165, 1.54) is 25.7 Å². The van der Waals surface area contributed by atoms with Gasteiger partial charge in [0.25, 0.3) is 0 Å². The second-order valence-electron chi connectivity index (χ2n) is 6.58. The summed E-state index contributed by atoms with van der Waals surface area (Å²) in [5, 5.41) is 11.9. The average Bonchev–Trinajstić information content (AvgIpc) is 3.01. The predicted molar refractivity (Wildman–Crippen MR) is 74.2 cm³/mol. The zero-order chi connectivity index (χ0) is 13.5. The van der Waals surface area contributed by atoms with Gasteiger partial charge in [-0.05, 0) is 32.1 Å². The number of nitrogens with zero attached hydrogens (tertiary/aromatic N) is 3. The molecule has 2 fully saturated rings. The van der Waals surface area contributed by atoms with Gasteiger partial charge in [0, 0.05) is 24.9 Å². The van der Waals surface area contributed by atoms with Crippen LogP contribution in [0.5, 0.6) is 0 Å². The lowest BCUT2D eigenvalue weighted by molar-refractivity contribution is -0.126. The normalized spacial score (nSPS) is 26.5. The molecule has 0 radical (unpaired) electrons. The lowest BCUT2D eigenvalue weighted by atomic mass is 9.97. The quantitative estimate of drug-likeness (QED) is 0.914. The summed E-state index contributed by atoms with van der Waals surface area (Å²) in [6.45, 7) is 0.784. The van der Waals surface area contributed by atoms with Crippen LogP contribution in [0.15, 0.2) is 0 Å². The van der Waals surface area contributed by atoms with E-state index >= 15 is 0 Å². The van der Waals surface area contributed by atoms with Crippen molar-refractivity contribution in [1.82, 2.24) is 20.1 Å². The summed E-state index contributed by atoms with van der Waals surface area (Å²) in [7, 11) is 0. The fraction of sp³-hybridized carbons (Fsp3) is 0.800. The first-order valence-electron chi connectivity index (χ1n) is 8.03. The molecular weight excluding hydrogens is 252 g/mol. The third-order valence-corrected chi connectivity index (χ3v) is 4.99. The molecule has 1 aromatic rings. The second-order valence-corrected chi connectivity index (χ2v) is 6.58. The number of hydrogen-bond acceptors (Lipinski definition) is 3. The molecule has 1 aromatic heterocycles. The molecule has 2 aliphatic carbocycles. The second kappa shape index (κ2) is 4.86. The Morgan fingerprint density at radius 2 is 1.90 bits per heavy atom. The van der Waals surface area contributed by atoms with Gasteiger partial charge in [0.05, 0.1) is 5.92 Å². The molecule has 5 nitrogen and oxygen atoms in total. The minimum Gasteiger partial charge on any atom is -0.353 e. The zero-order valence-electron chi connectivity index (χ0n) is 11.8. The van der Waals surface area contributed by atoms with E-state index in [-0.39, 0.29) is 11.8 Å². The first-order chi connectivity index (χ1) is 9.81. The van der Waals surface area contributed by atoms with Crippen LogP contribution in [0, 0.1) is 5.92 Å². The van der Waals surface area contributed by atoms with Crippen LogP contribution in [-0.4, -0.2) is 26.7 Å². The first-order valence-corrected chi connectivity index (χ1v) is 8.03. The highest BCUT2D eigenvalue weighted by molar-refractivity contribution is 5.79. The molecule has 20 heavy (non-hydrogen) atoms. The van der Waals surface area contributed by atoms with Crippen molar-refractivity contribution in [2.45, 2.75) is 69.9 Å². The van der Waals surface area contributed by atoms with Gasteiger partial charge in [-0.1, -0.05) is 12.8 Å². The van der Waals surface area contributed by atoms with Gasteiger partial charge in [-0.15, -0.1) is 10.2 Å². The van der Waals surface area contributed by atoms with Crippen LogP contribution < -0.4 is 5.32 Å². The summed E-state index contributed by atoms with van der Waals surface area (Å²) in [4.78, 5) is 12.4. The molecule has 1 atom stereocenters. The number of amides is 1. The zero-order valence-corrected chi connectivity index (χ0v) is 11.8. The summed E-state index contributed by atoms with van der Waals surface area (Å²) >= 11 is 0. The predicted octanol–water partition coefficient (Wildman–Crippen LogP) is 1.78. The van der Waals surface area contributed by atoms with Crippen LogP contribution in [-0.2, 0) is 17.8 Å². The van der Waals surface area contributed by atoms with Crippen molar-refractivity contribution in [3.05, 3.63) is 11.6 Å². The molecule has 2 saturated carbocycles. The van der Waals surface area contributed by atoms with Crippen molar-refractivity contribution in [3.8, 4) is 0 Å². The van der Waals surface area contributed by atoms with Crippen LogP contribution in [0.2, 0.25) is 0 Å². The topological polar surface area (TPSA) is 59.8 Å². The third-order valence-electron chi connectivity index (χ3n) is 4.99. The molecule has 108 valence electrons. The van der Waals surface area contributed by atoms with Crippen molar-refractivity contribution < 1.29 is 4.79 Å². The maximum absolute atomic E-state index is 12.4. The van der Waals surface area contributed by atoms with Crippen molar-refractivity contribution in [3.63, 3.8) is 0 Å². The summed E-state index contributed by atoms with van der Waals surface area (Å²) in [6.07, 6.45) is 9.11. The highest BCUT2D eigenvalue weighted by Gasteiger charge is 2.34. The molecule has 0 aromatic carbocycles. The van der Waals surface area contributed by atoms with Crippen LogP contribution in [0.4, 0.5) is 0 Å². The fourth-order valence-corrected chi connectivity index (χ4v) is 3.59. The van der Waals surface area contributed by atoms with Crippen molar-refractivity contribution >= 4 is 5.91 Å². The molecule has 4 rings (SSSR count). The van der Waals surface area contributed by atoms with Crippen LogP contribution >= 0.6 is 0 Å². The molecule has 0 saturated heterocycles. The molecule has 1 amide bonds. The molecule has 1 N–H and O–H groups in total. The van der Waals surface area contributed by atoms with Gasteiger partial charge in [-0.25, -0.2) is 0 Å². The minimum atomic E-state index is 0.108. The lowest BCUT2D eigenvalue weighted by Crippen LogP contribution is -2.40. The number of fused-ring (bicyclic) bond motifs is 1. The smallest absolute Gasteiger partial charge is 0.225 e. The summed E-state index contributed by atoms with van der Waals surface area (Å²) in [5.41, 5.74) is 0. The highest BCUT2D eigenvalue weighted by atomic mass is 16.2. The Balaban J connectivity index is 1.45. The lowest BCUT2D eigenvalue weighted by Gasteiger charge is -2.25. The van der Waals surface area contributed by atoms with Gasteiger partial charge in [0.1, 0.15) is 11.6 Å². The number of carbonyl (C=O) groups is 1. The largest absolute Gasteiger partial charge is 0.353 e. The van der Waals surface area contributed by atoms with E-state index in [1.54, 1.807) is 0 Å². The number of aryl methyl sites for hydroxylation is 1. The van der Waals surface area contributed by atoms with Gasteiger partial charge < -0.3 is 9.88 Å². The summed E-state index contributed by atoms with van der Waals surface area (Å²) in [5.74, 6) is 3.16. The molecule has 2 heterocycles. The van der Waals surface area contributed by atoms with Crippen LogP contribution in [0.25, 0.3) is 0 Å². The summed E-state index contributed by atoms with van der Waals surface area (Å²) < 4.78 is 2.22. The van der Waals surface area contributed by atoms with Crippen molar-refractivity contribution in [2.75, 3.05) is 0 Å². The van der Waals surface area contributed by atoms with Crippen molar-refractivity contribution in [2.24, 2.45) is 5.92 Å². The molecular formula is C15H22N4O. The molecule has 1 unspecified atom stereocenters. The standard InChI is InChI=1S/C15H22N4O/c20-15(16-12-3-1-2-4-12)11-7-8-13-17-18-14(10-5-6-10)19(13)9-11/h10-12H,1-9H2,(H,16,20). The fourth-order valence-electron chi connectivity index (χ4n) is 3.59. The molecule has 0 spiro atoms. The van der Waals surface area contributed by atoms with E-state index in [9.17, 15) is 4.79 Å². The number of nitrogens with one attached hydrogen (secondary N) is 1. The van der Waals surface area contributed by atoms with E-state index in [1.807, 2.05) is 0 Å². The number of hydrogen-bond donors (Lipinski definition) is 1. The Morgan fingerprint density at radius 1 is 1.10 bits per heavy atom. The Bertz CT molecular complexity index is 514. The Hall–Kier alpha value is -1.39. The first kappa shape index (κ1) is 12.4. The molecule has 0 bridgehead atoms. The Kier molecular flexibility index (Phi) is 3.00. The Morgan fingerprint density at radius 3 is 2.65 bits per heavy atom. The van der Waals surface area contributed by atoms with E-state index < -0.39 is 0 Å². The van der Waals surface area contributed by atoms with E-state index in [0.717, 1.165) is 43.9 Å². The van der Waals surface area contributed by atoms with Crippen molar-refractivity contribution in [1.29, 1.82) is 0 Å². The number of carbonyl (C=O) groups excluding carboxylic acids is 1. The number of aromatic nitrogens is 3. The van der Waals surface area contributed by atoms with Gasteiger partial charge in [-0.2, -0.15) is 0 Å². The van der Waals surface area contributed by atoms with Crippen LogP contribution in [0.1, 0.15) is 62.5 Å². The molecule has 3 aliphatic rings. The maximum atomic E-state index is 12.4. The SMILES string of the molecule is O=C(NC1CCCC1)C1CCc2nnc(C3CC3)n2C1. The molecule has 5 heteroatoms. The van der Waals surface area contributed by atoms with E-state index in [0.29, 0.717) is 12.0 Å². The Labute approximate surface area is 119 Å². The van der Waals surface area contributed by atoms with Gasteiger partial charge >= 0.3 is 0 Å².